The number of nitrogens with one attached hydrogen (secondary N) is 1. The van der Waals surface area contributed by atoms with E-state index in [-0.39, 0.29) is 36.6 Å². The summed E-state index contributed by atoms with van der Waals surface area (Å²) in [5, 5.41) is 1.90. The van der Waals surface area contributed by atoms with Crippen LogP contribution in [0.5, 0.6) is 5.75 Å². The topological polar surface area (TPSA) is 105 Å². The number of fused-ring (bicyclic) bond motifs is 1. The molecule has 0 bridgehead atoms. The lowest BCUT2D eigenvalue weighted by Gasteiger charge is -2.48. The number of benzene rings is 2. The summed E-state index contributed by atoms with van der Waals surface area (Å²) >= 11 is 0. The summed E-state index contributed by atoms with van der Waals surface area (Å²) in [4.78, 5) is 53.0. The van der Waals surface area contributed by atoms with Crippen molar-refractivity contribution in [3.63, 3.8) is 0 Å². The molecule has 0 radical (unpaired) electrons. The maximum Gasteiger partial charge on any atom is 0.255 e. The van der Waals surface area contributed by atoms with Crippen molar-refractivity contribution >= 4 is 55.0 Å². The summed E-state index contributed by atoms with van der Waals surface area (Å²) in [5.74, 6) is -0.446. The number of carbonyl (C=O) groups excluding carboxylic acids is 4. The van der Waals surface area contributed by atoms with E-state index in [2.05, 4.69) is 5.32 Å². The standard InChI is InChI=1S/C25H29B4N3O6/c26-20-23(36)32(24(27)25(28,29)38-20)10-13-4-6-14(7-5-13)12-37-18-3-1-2-15-16(18)11-31(22(15)35)17-8-9-19(33)30-21(17)34/h1-7,17,20,24H,8-12,26-29H2,(H,30,33,34). The molecule has 3 heterocycles. The van der Waals surface area contributed by atoms with Crippen LogP contribution in [0.4, 0.5) is 0 Å². The summed E-state index contributed by atoms with van der Waals surface area (Å²) < 4.78 is 12.0. The molecule has 0 aromatic heterocycles. The van der Waals surface area contributed by atoms with E-state index in [9.17, 15) is 19.2 Å². The molecule has 5 rings (SSSR count). The van der Waals surface area contributed by atoms with E-state index in [1.165, 1.54) is 4.90 Å². The molecular formula is C25H29B4N3O6. The van der Waals surface area contributed by atoms with Gasteiger partial charge in [0.1, 0.15) is 41.9 Å². The lowest BCUT2D eigenvalue weighted by Crippen LogP contribution is -2.66. The largest absolute Gasteiger partial charge is 0.489 e. The van der Waals surface area contributed by atoms with Crippen LogP contribution < -0.4 is 10.1 Å². The van der Waals surface area contributed by atoms with E-state index < -0.39 is 23.4 Å². The van der Waals surface area contributed by atoms with E-state index >= 15 is 0 Å². The third kappa shape index (κ3) is 4.87. The van der Waals surface area contributed by atoms with Crippen LogP contribution in [-0.2, 0) is 38.8 Å². The minimum Gasteiger partial charge on any atom is -0.489 e. The molecular weight excluding hydrogens is 482 g/mol. The molecule has 13 heteroatoms. The smallest absolute Gasteiger partial charge is 0.255 e. The van der Waals surface area contributed by atoms with Gasteiger partial charge in [-0.25, -0.2) is 0 Å². The zero-order valence-electron chi connectivity index (χ0n) is 22.2. The van der Waals surface area contributed by atoms with Gasteiger partial charge in [-0.1, -0.05) is 30.3 Å². The van der Waals surface area contributed by atoms with Gasteiger partial charge in [0.15, 0.2) is 7.85 Å². The molecule has 9 nitrogen and oxygen atoms in total. The molecule has 192 valence electrons. The van der Waals surface area contributed by atoms with E-state index in [1.54, 1.807) is 20.0 Å². The Labute approximate surface area is 225 Å². The van der Waals surface area contributed by atoms with Gasteiger partial charge in [-0.3, -0.25) is 24.5 Å². The zero-order chi connectivity index (χ0) is 27.2. The zero-order valence-corrected chi connectivity index (χ0v) is 22.2. The fraction of sp³-hybridized carbons (Fsp3) is 0.360. The van der Waals surface area contributed by atoms with Crippen molar-refractivity contribution in [2.24, 2.45) is 0 Å². The van der Waals surface area contributed by atoms with Gasteiger partial charge in [-0.05, 0) is 29.7 Å². The van der Waals surface area contributed by atoms with Crippen molar-refractivity contribution in [1.29, 1.82) is 0 Å². The minimum absolute atomic E-state index is 0.0110. The van der Waals surface area contributed by atoms with E-state index in [0.29, 0.717) is 30.9 Å². The fourth-order valence-corrected chi connectivity index (χ4v) is 5.41. The molecule has 0 aliphatic carbocycles. The highest BCUT2D eigenvalue weighted by Crippen LogP contribution is 2.34. The predicted octanol–water partition coefficient (Wildman–Crippen LogP) is -2.78. The Morgan fingerprint density at radius 1 is 1.03 bits per heavy atom. The molecule has 2 aromatic rings. The van der Waals surface area contributed by atoms with Crippen molar-refractivity contribution in [1.82, 2.24) is 15.1 Å². The van der Waals surface area contributed by atoms with Crippen LogP contribution in [-0.4, -0.2) is 88.2 Å². The van der Waals surface area contributed by atoms with E-state index in [0.717, 1.165) is 16.7 Å². The summed E-state index contributed by atoms with van der Waals surface area (Å²) in [6.07, 6.45) is 0.531. The Hall–Kier alpha value is -3.46. The Morgan fingerprint density at radius 2 is 1.74 bits per heavy atom. The van der Waals surface area contributed by atoms with Crippen molar-refractivity contribution < 1.29 is 28.7 Å². The molecule has 2 saturated heterocycles. The Kier molecular flexibility index (Phi) is 6.90. The highest BCUT2D eigenvalue weighted by Gasteiger charge is 2.42. The molecule has 0 saturated carbocycles. The maximum atomic E-state index is 13.0. The van der Waals surface area contributed by atoms with Crippen LogP contribution in [0, 0.1) is 0 Å². The highest BCUT2D eigenvalue weighted by atomic mass is 16.5. The summed E-state index contributed by atoms with van der Waals surface area (Å²) in [6.45, 7) is 1.07. The summed E-state index contributed by atoms with van der Waals surface area (Å²) in [7, 11) is 7.82. The number of rotatable bonds is 6. The molecule has 0 spiro atoms. The number of amides is 4. The molecule has 38 heavy (non-hydrogen) atoms. The average molecular weight is 511 g/mol. The predicted molar refractivity (Wildman–Crippen MR) is 149 cm³/mol. The third-order valence-electron chi connectivity index (χ3n) is 7.89. The number of carbonyl (C=O) groups is 4. The Morgan fingerprint density at radius 3 is 2.45 bits per heavy atom. The van der Waals surface area contributed by atoms with Crippen molar-refractivity contribution in [3.8, 4) is 5.75 Å². The molecule has 2 fully saturated rings. The number of hydrogen-bond acceptors (Lipinski definition) is 6. The van der Waals surface area contributed by atoms with Gasteiger partial charge in [0.05, 0.1) is 12.5 Å². The van der Waals surface area contributed by atoms with Gasteiger partial charge in [-0.15, -0.1) is 0 Å². The summed E-state index contributed by atoms with van der Waals surface area (Å²) in [6, 6.07) is 12.1. The SMILES string of the molecule is BC1OC(B)(B)C(B)N(Cc2ccc(COc3cccc4c3CN(C3CCC(=O)NC3=O)C4=O)cc2)C1=O. The van der Waals surface area contributed by atoms with Gasteiger partial charge in [0.25, 0.3) is 5.91 Å². The number of imide groups is 1. The lowest BCUT2D eigenvalue weighted by molar-refractivity contribution is -0.155. The lowest BCUT2D eigenvalue weighted by atomic mass is 9.53. The van der Waals surface area contributed by atoms with Crippen LogP contribution in [0.3, 0.4) is 0 Å². The monoisotopic (exact) mass is 511 g/mol. The average Bonchev–Trinajstić information content (AvgIpc) is 3.21. The number of piperidine rings is 1. The van der Waals surface area contributed by atoms with Crippen LogP contribution in [0.15, 0.2) is 42.5 Å². The first-order valence-electron chi connectivity index (χ1n) is 13.0. The second-order valence-corrected chi connectivity index (χ2v) is 10.8. The third-order valence-corrected chi connectivity index (χ3v) is 7.89. The second kappa shape index (κ2) is 10.0. The van der Waals surface area contributed by atoms with E-state index in [1.807, 2.05) is 58.8 Å². The normalized spacial score (nSPS) is 24.8. The molecule has 2 aromatic carbocycles. The number of nitrogens with zero attached hydrogens (tertiary/aromatic N) is 2. The molecule has 3 aliphatic heterocycles. The van der Waals surface area contributed by atoms with Crippen molar-refractivity contribution in [2.45, 2.75) is 55.9 Å². The number of morpholine rings is 1. The minimum atomic E-state index is -0.664. The quantitative estimate of drug-likeness (QED) is 0.333. The first-order valence-corrected chi connectivity index (χ1v) is 13.0. The van der Waals surface area contributed by atoms with Crippen molar-refractivity contribution in [3.05, 3.63) is 64.7 Å². The molecule has 3 aliphatic rings. The van der Waals surface area contributed by atoms with Gasteiger partial charge < -0.3 is 19.3 Å². The van der Waals surface area contributed by atoms with E-state index in [4.69, 9.17) is 9.47 Å². The van der Waals surface area contributed by atoms with Crippen LogP contribution in [0.2, 0.25) is 0 Å². The first-order chi connectivity index (χ1) is 18.0. The van der Waals surface area contributed by atoms with Crippen LogP contribution in [0.25, 0.3) is 0 Å². The van der Waals surface area contributed by atoms with Gasteiger partial charge >= 0.3 is 0 Å². The number of ether oxygens (including phenoxy) is 2. The fourth-order valence-electron chi connectivity index (χ4n) is 5.41. The van der Waals surface area contributed by atoms with Gasteiger partial charge in [0, 0.05) is 35.4 Å². The number of hydrogen-bond donors (Lipinski definition) is 1. The molecule has 3 atom stereocenters. The second-order valence-electron chi connectivity index (χ2n) is 10.8. The van der Waals surface area contributed by atoms with Crippen LogP contribution in [0.1, 0.15) is 39.9 Å². The Balaban J connectivity index is 1.24. The molecule has 4 amide bonds. The van der Waals surface area contributed by atoms with Gasteiger partial charge in [0.2, 0.25) is 17.7 Å². The first kappa shape index (κ1) is 26.2. The highest BCUT2D eigenvalue weighted by molar-refractivity contribution is 6.44. The van der Waals surface area contributed by atoms with Crippen molar-refractivity contribution in [2.75, 3.05) is 0 Å². The van der Waals surface area contributed by atoms with Gasteiger partial charge in [-0.2, -0.15) is 0 Å². The Bertz CT molecular complexity index is 1300. The summed E-state index contributed by atoms with van der Waals surface area (Å²) in [5.41, 5.74) is 3.23. The van der Waals surface area contributed by atoms with Crippen LogP contribution >= 0.6 is 0 Å². The molecule has 3 unspecified atom stereocenters. The maximum absolute atomic E-state index is 13.0. The molecule has 1 N–H and O–H groups in total.